The van der Waals surface area contributed by atoms with E-state index in [0.29, 0.717) is 25.9 Å². The lowest BCUT2D eigenvalue weighted by Gasteiger charge is -2.23. The van der Waals surface area contributed by atoms with Gasteiger partial charge in [0.15, 0.2) is 0 Å². The normalized spacial score (nSPS) is 25.1. The molecule has 1 amide bonds. The standard InChI is InChI=1S/C17H23FN2O3S/c1-2-9-19-10-7-17(16(19)21)8-11-20(13-17)24(22,23)12-14-5-3-4-6-15(14)18/h3-6H,2,7-13H2,1H3. The summed E-state index contributed by atoms with van der Waals surface area (Å²) in [5.74, 6) is -0.795. The minimum Gasteiger partial charge on any atom is -0.342 e. The predicted molar refractivity (Wildman–Crippen MR) is 89.1 cm³/mol. The Labute approximate surface area is 142 Å². The Morgan fingerprint density at radius 3 is 2.62 bits per heavy atom. The zero-order chi connectivity index (χ0) is 17.4. The fraction of sp³-hybridized carbons (Fsp3) is 0.588. The van der Waals surface area contributed by atoms with Crippen LogP contribution >= 0.6 is 0 Å². The Kier molecular flexibility index (Phi) is 4.66. The van der Waals surface area contributed by atoms with Crippen LogP contribution in [0.15, 0.2) is 24.3 Å². The van der Waals surface area contributed by atoms with E-state index in [1.165, 1.54) is 22.5 Å². The van der Waals surface area contributed by atoms with Crippen molar-refractivity contribution in [1.82, 2.24) is 9.21 Å². The molecule has 1 aromatic carbocycles. The second kappa shape index (κ2) is 6.44. The van der Waals surface area contributed by atoms with E-state index >= 15 is 0 Å². The van der Waals surface area contributed by atoms with E-state index in [9.17, 15) is 17.6 Å². The zero-order valence-corrected chi connectivity index (χ0v) is 14.7. The van der Waals surface area contributed by atoms with Gasteiger partial charge in [-0.25, -0.2) is 17.1 Å². The minimum absolute atomic E-state index is 0.0768. The molecular weight excluding hydrogens is 331 g/mol. The van der Waals surface area contributed by atoms with Gasteiger partial charge >= 0.3 is 0 Å². The van der Waals surface area contributed by atoms with Crippen molar-refractivity contribution in [2.24, 2.45) is 5.41 Å². The molecule has 2 saturated heterocycles. The Bertz CT molecular complexity index is 737. The third kappa shape index (κ3) is 3.07. The van der Waals surface area contributed by atoms with Crippen LogP contribution in [0.4, 0.5) is 4.39 Å². The molecule has 0 saturated carbocycles. The predicted octanol–water partition coefficient (Wildman–Crippen LogP) is 1.99. The number of nitrogens with zero attached hydrogens (tertiary/aromatic N) is 2. The van der Waals surface area contributed by atoms with Crippen LogP contribution in [0.25, 0.3) is 0 Å². The van der Waals surface area contributed by atoms with E-state index in [1.54, 1.807) is 6.07 Å². The molecule has 7 heteroatoms. The first-order valence-corrected chi connectivity index (χ1v) is 9.99. The van der Waals surface area contributed by atoms with Gasteiger partial charge in [0.2, 0.25) is 15.9 Å². The summed E-state index contributed by atoms with van der Waals surface area (Å²) in [5, 5.41) is 0. The van der Waals surface area contributed by atoms with Gasteiger partial charge in [-0.2, -0.15) is 0 Å². The van der Waals surface area contributed by atoms with Gasteiger partial charge in [0, 0.05) is 31.7 Å². The molecule has 2 heterocycles. The second-order valence-electron chi connectivity index (χ2n) is 6.75. The number of sulfonamides is 1. The smallest absolute Gasteiger partial charge is 0.230 e. The molecule has 1 unspecified atom stereocenters. The molecule has 2 aliphatic heterocycles. The molecule has 132 valence electrons. The van der Waals surface area contributed by atoms with Crippen molar-refractivity contribution in [2.45, 2.75) is 31.9 Å². The quantitative estimate of drug-likeness (QED) is 0.813. The first-order valence-electron chi connectivity index (χ1n) is 8.38. The number of amides is 1. The van der Waals surface area contributed by atoms with E-state index in [4.69, 9.17) is 0 Å². The molecule has 1 atom stereocenters. The maximum absolute atomic E-state index is 13.8. The van der Waals surface area contributed by atoms with Gasteiger partial charge in [-0.05, 0) is 25.3 Å². The summed E-state index contributed by atoms with van der Waals surface area (Å²) in [6.07, 6.45) is 2.16. The molecule has 0 radical (unpaired) electrons. The number of hydrogen-bond acceptors (Lipinski definition) is 3. The Morgan fingerprint density at radius 2 is 1.92 bits per heavy atom. The second-order valence-corrected chi connectivity index (χ2v) is 8.72. The highest BCUT2D eigenvalue weighted by molar-refractivity contribution is 7.88. The Balaban J connectivity index is 1.73. The first-order chi connectivity index (χ1) is 11.4. The van der Waals surface area contributed by atoms with Crippen molar-refractivity contribution in [2.75, 3.05) is 26.2 Å². The highest BCUT2D eigenvalue weighted by Gasteiger charge is 2.52. The van der Waals surface area contributed by atoms with Gasteiger partial charge in [-0.15, -0.1) is 0 Å². The number of halogens is 1. The van der Waals surface area contributed by atoms with Gasteiger partial charge in [0.05, 0.1) is 11.2 Å². The van der Waals surface area contributed by atoms with Crippen LogP contribution in [0.5, 0.6) is 0 Å². The maximum atomic E-state index is 13.8. The van der Waals surface area contributed by atoms with E-state index in [-0.39, 0.29) is 23.8 Å². The molecule has 24 heavy (non-hydrogen) atoms. The van der Waals surface area contributed by atoms with E-state index in [2.05, 4.69) is 0 Å². The minimum atomic E-state index is -3.63. The van der Waals surface area contributed by atoms with Crippen molar-refractivity contribution in [1.29, 1.82) is 0 Å². The molecule has 5 nitrogen and oxygen atoms in total. The van der Waals surface area contributed by atoms with Crippen LogP contribution in [0.3, 0.4) is 0 Å². The van der Waals surface area contributed by atoms with Crippen molar-refractivity contribution >= 4 is 15.9 Å². The summed E-state index contributed by atoms with van der Waals surface area (Å²) in [6.45, 7) is 4.01. The molecule has 0 bridgehead atoms. The van der Waals surface area contributed by atoms with Crippen molar-refractivity contribution in [3.05, 3.63) is 35.6 Å². The largest absolute Gasteiger partial charge is 0.342 e. The molecule has 0 aromatic heterocycles. The summed E-state index contributed by atoms with van der Waals surface area (Å²) in [5.41, 5.74) is -0.402. The van der Waals surface area contributed by atoms with Crippen molar-refractivity contribution in [3.8, 4) is 0 Å². The molecule has 0 N–H and O–H groups in total. The molecule has 1 aromatic rings. The summed E-state index contributed by atoms with van der Waals surface area (Å²) < 4.78 is 40.4. The molecular formula is C17H23FN2O3S. The average molecular weight is 354 g/mol. The number of rotatable bonds is 5. The highest BCUT2D eigenvalue weighted by atomic mass is 32.2. The summed E-state index contributed by atoms with van der Waals surface area (Å²) in [7, 11) is -3.63. The lowest BCUT2D eigenvalue weighted by atomic mass is 9.86. The van der Waals surface area contributed by atoms with Gasteiger partial charge in [-0.3, -0.25) is 4.79 Å². The van der Waals surface area contributed by atoms with E-state index in [1.807, 2.05) is 11.8 Å². The van der Waals surface area contributed by atoms with Crippen LogP contribution in [0, 0.1) is 11.2 Å². The summed E-state index contributed by atoms with van der Waals surface area (Å²) >= 11 is 0. The zero-order valence-electron chi connectivity index (χ0n) is 13.9. The number of likely N-dealkylation sites (tertiary alicyclic amines) is 1. The number of carbonyl (C=O) groups excluding carboxylic acids is 1. The molecule has 0 aliphatic carbocycles. The van der Waals surface area contributed by atoms with Crippen LogP contribution in [-0.4, -0.2) is 49.7 Å². The lowest BCUT2D eigenvalue weighted by Crippen LogP contribution is -2.38. The summed E-state index contributed by atoms with van der Waals surface area (Å²) in [4.78, 5) is 14.5. The molecule has 3 rings (SSSR count). The number of hydrogen-bond donors (Lipinski definition) is 0. The molecule has 2 aliphatic rings. The lowest BCUT2D eigenvalue weighted by molar-refractivity contribution is -0.135. The van der Waals surface area contributed by atoms with Crippen LogP contribution < -0.4 is 0 Å². The van der Waals surface area contributed by atoms with Crippen molar-refractivity contribution in [3.63, 3.8) is 0 Å². The van der Waals surface area contributed by atoms with E-state index in [0.717, 1.165) is 13.0 Å². The Hall–Kier alpha value is -1.47. The van der Waals surface area contributed by atoms with Gasteiger partial charge in [-0.1, -0.05) is 25.1 Å². The van der Waals surface area contributed by atoms with Crippen LogP contribution in [0.1, 0.15) is 31.7 Å². The number of carbonyl (C=O) groups is 1. The van der Waals surface area contributed by atoms with Crippen molar-refractivity contribution < 1.29 is 17.6 Å². The third-order valence-electron chi connectivity index (χ3n) is 5.10. The van der Waals surface area contributed by atoms with Gasteiger partial charge in [0.25, 0.3) is 0 Å². The Morgan fingerprint density at radius 1 is 1.21 bits per heavy atom. The average Bonchev–Trinajstić information content (AvgIpc) is 3.11. The van der Waals surface area contributed by atoms with Crippen LogP contribution in [0.2, 0.25) is 0 Å². The molecule has 2 fully saturated rings. The topological polar surface area (TPSA) is 57.7 Å². The summed E-state index contributed by atoms with van der Waals surface area (Å²) in [6, 6.07) is 5.92. The fourth-order valence-corrected chi connectivity index (χ4v) is 5.35. The third-order valence-corrected chi connectivity index (χ3v) is 6.88. The van der Waals surface area contributed by atoms with E-state index < -0.39 is 21.3 Å². The fourth-order valence-electron chi connectivity index (χ4n) is 3.73. The highest BCUT2D eigenvalue weighted by Crippen LogP contribution is 2.41. The maximum Gasteiger partial charge on any atom is 0.230 e. The monoisotopic (exact) mass is 354 g/mol. The first kappa shape index (κ1) is 17.4. The van der Waals surface area contributed by atoms with Crippen LogP contribution in [-0.2, 0) is 20.6 Å². The van der Waals surface area contributed by atoms with Gasteiger partial charge in [0.1, 0.15) is 5.82 Å². The molecule has 1 spiro atoms. The van der Waals surface area contributed by atoms with Gasteiger partial charge < -0.3 is 4.90 Å². The number of benzene rings is 1. The SMILES string of the molecule is CCCN1CCC2(CCN(S(=O)(=O)Cc3ccccc3F)C2)C1=O.